The van der Waals surface area contributed by atoms with Crippen molar-refractivity contribution in [2.24, 2.45) is 0 Å². The van der Waals surface area contributed by atoms with Crippen LogP contribution in [0.5, 0.6) is 5.75 Å². The van der Waals surface area contributed by atoms with Crippen LogP contribution in [-0.2, 0) is 28.5 Å². The molecule has 0 bridgehead atoms. The van der Waals surface area contributed by atoms with Gasteiger partial charge in [0, 0.05) is 13.0 Å². The summed E-state index contributed by atoms with van der Waals surface area (Å²) in [6, 6.07) is 7.61. The topological polar surface area (TPSA) is 116 Å². The van der Waals surface area contributed by atoms with E-state index in [2.05, 4.69) is 11.4 Å². The molecule has 44 heavy (non-hydrogen) atoms. The Labute approximate surface area is 260 Å². The van der Waals surface area contributed by atoms with Gasteiger partial charge >= 0.3 is 5.97 Å². The summed E-state index contributed by atoms with van der Waals surface area (Å²) in [6.45, 7) is 12.3. The number of benzene rings is 1. The monoisotopic (exact) mass is 622 g/mol. The van der Waals surface area contributed by atoms with Crippen LogP contribution < -0.4 is 10.1 Å². The number of carbonyl (C=O) groups excluding carboxylic acids is 2. The molecule has 0 radical (unpaired) electrons. The Morgan fingerprint density at radius 2 is 1.84 bits per heavy atom. The van der Waals surface area contributed by atoms with Gasteiger partial charge in [0.2, 0.25) is 6.41 Å². The van der Waals surface area contributed by atoms with E-state index in [1.165, 1.54) is 0 Å². The molecule has 4 atom stereocenters. The highest BCUT2D eigenvalue weighted by Crippen LogP contribution is 2.40. The number of esters is 1. The first-order valence-corrected chi connectivity index (χ1v) is 15.9. The Balaban J connectivity index is 1.31. The second-order valence-corrected chi connectivity index (χ2v) is 14.2. The predicted molar refractivity (Wildman–Crippen MR) is 162 cm³/mol. The fourth-order valence-electron chi connectivity index (χ4n) is 6.33. The molecule has 4 rings (SSSR count). The highest BCUT2D eigenvalue weighted by Gasteiger charge is 2.54. The van der Waals surface area contributed by atoms with Crippen molar-refractivity contribution < 1.29 is 42.8 Å². The lowest BCUT2D eigenvalue weighted by molar-refractivity contribution is -0.250. The number of para-hydroxylation sites is 1. The molecule has 1 aromatic rings. The Kier molecular flexibility index (Phi) is 11.3. The molecule has 4 unspecified atom stereocenters. The molecule has 3 fully saturated rings. The zero-order chi connectivity index (χ0) is 32.1. The second kappa shape index (κ2) is 14.4. The van der Waals surface area contributed by atoms with E-state index in [9.17, 15) is 19.1 Å². The number of rotatable bonds is 11. The summed E-state index contributed by atoms with van der Waals surface area (Å²) in [4.78, 5) is 26.1. The Morgan fingerprint density at radius 3 is 2.50 bits per heavy atom. The summed E-state index contributed by atoms with van der Waals surface area (Å²) in [7, 11) is 0. The average molecular weight is 623 g/mol. The van der Waals surface area contributed by atoms with Gasteiger partial charge in [0.1, 0.15) is 11.4 Å². The molecule has 1 spiro atoms. The Hall–Kier alpha value is -2.31. The molecule has 2 saturated heterocycles. The van der Waals surface area contributed by atoms with E-state index < -0.39 is 41.5 Å². The van der Waals surface area contributed by atoms with E-state index in [1.54, 1.807) is 4.90 Å². The molecule has 1 saturated carbocycles. The summed E-state index contributed by atoms with van der Waals surface area (Å²) in [5.74, 6) is 0.138. The number of hydrogen-bond donors (Lipinski definition) is 2. The van der Waals surface area contributed by atoms with Gasteiger partial charge in [-0.3, -0.25) is 9.59 Å². The van der Waals surface area contributed by atoms with Crippen molar-refractivity contribution in [1.82, 2.24) is 10.2 Å². The average Bonchev–Trinajstić information content (AvgIpc) is 3.28. The molecule has 10 nitrogen and oxygen atoms in total. The Morgan fingerprint density at radius 1 is 1.14 bits per heavy atom. The van der Waals surface area contributed by atoms with Gasteiger partial charge in [0.05, 0.1) is 43.1 Å². The van der Waals surface area contributed by atoms with Crippen molar-refractivity contribution in [3.05, 3.63) is 29.8 Å². The molecule has 248 valence electrons. The SMILES string of the molecule is CC(C)(C)OC(=O)CCCOc1ccccc1[C@H]1CC[C@@H](OCC2N(C(O)OC(C)(C)C)CCC23COC(F)C(=O)N3)CC1. The van der Waals surface area contributed by atoms with Crippen LogP contribution in [0.4, 0.5) is 4.39 Å². The van der Waals surface area contributed by atoms with Crippen molar-refractivity contribution in [2.75, 3.05) is 26.4 Å². The first kappa shape index (κ1) is 34.6. The molecule has 1 aromatic carbocycles. The third-order valence-corrected chi connectivity index (χ3v) is 8.39. The summed E-state index contributed by atoms with van der Waals surface area (Å²) in [6.07, 6.45) is 1.68. The minimum atomic E-state index is -2.00. The van der Waals surface area contributed by atoms with Gasteiger partial charge in [-0.15, -0.1) is 0 Å². The number of nitrogens with one attached hydrogen (secondary N) is 1. The number of hydrogen-bond acceptors (Lipinski definition) is 9. The van der Waals surface area contributed by atoms with Crippen molar-refractivity contribution in [2.45, 2.75) is 134 Å². The highest BCUT2D eigenvalue weighted by atomic mass is 19.1. The van der Waals surface area contributed by atoms with Crippen LogP contribution in [0.3, 0.4) is 0 Å². The van der Waals surface area contributed by atoms with E-state index in [4.69, 9.17) is 23.7 Å². The third kappa shape index (κ3) is 9.36. The lowest BCUT2D eigenvalue weighted by atomic mass is 9.82. The number of morpholine rings is 1. The molecular formula is C33H51FN2O8. The summed E-state index contributed by atoms with van der Waals surface area (Å²) >= 11 is 0. The molecule has 2 aliphatic heterocycles. The quantitative estimate of drug-likeness (QED) is 0.208. The number of amides is 1. The normalized spacial score (nSPS) is 29.0. The van der Waals surface area contributed by atoms with E-state index in [1.807, 2.05) is 59.7 Å². The zero-order valence-electron chi connectivity index (χ0n) is 27.1. The largest absolute Gasteiger partial charge is 0.493 e. The fourth-order valence-corrected chi connectivity index (χ4v) is 6.33. The first-order chi connectivity index (χ1) is 20.7. The van der Waals surface area contributed by atoms with Crippen molar-refractivity contribution in [3.63, 3.8) is 0 Å². The van der Waals surface area contributed by atoms with E-state index >= 15 is 0 Å². The molecule has 11 heteroatoms. The highest BCUT2D eigenvalue weighted by molar-refractivity contribution is 5.81. The maximum atomic E-state index is 13.9. The number of ether oxygens (including phenoxy) is 5. The second-order valence-electron chi connectivity index (χ2n) is 14.2. The smallest absolute Gasteiger partial charge is 0.306 e. The van der Waals surface area contributed by atoms with Gasteiger partial charge in [-0.2, -0.15) is 0 Å². The number of halogens is 1. The minimum absolute atomic E-state index is 0.00229. The molecule has 1 aliphatic carbocycles. The summed E-state index contributed by atoms with van der Waals surface area (Å²) in [5, 5.41) is 13.8. The zero-order valence-corrected chi connectivity index (χ0v) is 27.1. The van der Waals surface area contributed by atoms with Crippen molar-refractivity contribution >= 4 is 11.9 Å². The van der Waals surface area contributed by atoms with Crippen LogP contribution in [0.15, 0.2) is 24.3 Å². The fraction of sp³-hybridized carbons (Fsp3) is 0.758. The molecular weight excluding hydrogens is 571 g/mol. The van der Waals surface area contributed by atoms with Gasteiger partial charge in [0.15, 0.2) is 0 Å². The van der Waals surface area contributed by atoms with Gasteiger partial charge < -0.3 is 34.1 Å². The lowest BCUT2D eigenvalue weighted by Gasteiger charge is -2.43. The van der Waals surface area contributed by atoms with Crippen LogP contribution in [0.1, 0.15) is 98.0 Å². The minimum Gasteiger partial charge on any atom is -0.493 e. The number of aliphatic hydroxyl groups is 1. The molecule has 1 amide bonds. The van der Waals surface area contributed by atoms with E-state index in [0.29, 0.717) is 38.3 Å². The lowest BCUT2D eigenvalue weighted by Crippen LogP contribution is -2.67. The van der Waals surface area contributed by atoms with Gasteiger partial charge in [0.25, 0.3) is 12.3 Å². The van der Waals surface area contributed by atoms with Crippen LogP contribution in [0.2, 0.25) is 0 Å². The number of nitrogens with zero attached hydrogens (tertiary/aromatic N) is 1. The van der Waals surface area contributed by atoms with Crippen LogP contribution in [-0.4, -0.2) is 89.9 Å². The Bertz CT molecular complexity index is 1110. The van der Waals surface area contributed by atoms with Crippen LogP contribution in [0.25, 0.3) is 0 Å². The summed E-state index contributed by atoms with van der Waals surface area (Å²) in [5.41, 5.74) is -0.798. The number of likely N-dealkylation sites (tertiary alicyclic amines) is 1. The molecule has 2 N–H and O–H groups in total. The van der Waals surface area contributed by atoms with Gasteiger partial charge in [-0.1, -0.05) is 18.2 Å². The van der Waals surface area contributed by atoms with E-state index in [0.717, 1.165) is 37.0 Å². The van der Waals surface area contributed by atoms with Gasteiger partial charge in [-0.25, -0.2) is 9.29 Å². The molecule has 2 heterocycles. The number of alkyl halides is 1. The first-order valence-electron chi connectivity index (χ1n) is 15.9. The molecule has 3 aliphatic rings. The van der Waals surface area contributed by atoms with Crippen molar-refractivity contribution in [1.29, 1.82) is 0 Å². The van der Waals surface area contributed by atoms with E-state index in [-0.39, 0.29) is 25.3 Å². The third-order valence-electron chi connectivity index (χ3n) is 8.39. The standard InChI is InChI=1S/C33H51FN2O8/c1-31(2,3)43-27(37)12-9-19-40-25-11-8-7-10-24(25)22-13-15-23(16-14-22)41-20-26-33(21-42-28(34)29(38)35-33)17-18-36(26)30(39)44-32(4,5)6/h7-8,10-11,22-23,26,28,30,39H,9,12-21H2,1-6H3,(H,35,38)/t22-,23+,26?,28?,30?,33?. The van der Waals surface area contributed by atoms with Crippen LogP contribution >= 0.6 is 0 Å². The van der Waals surface area contributed by atoms with Crippen LogP contribution in [0, 0.1) is 0 Å². The van der Waals surface area contributed by atoms with Crippen molar-refractivity contribution in [3.8, 4) is 5.75 Å². The predicted octanol–water partition coefficient (Wildman–Crippen LogP) is 4.58. The molecule has 0 aromatic heterocycles. The maximum absolute atomic E-state index is 13.9. The number of aliphatic hydroxyl groups excluding tert-OH is 1. The maximum Gasteiger partial charge on any atom is 0.306 e. The summed E-state index contributed by atoms with van der Waals surface area (Å²) < 4.78 is 42.8. The number of carbonyl (C=O) groups is 2. The van der Waals surface area contributed by atoms with Gasteiger partial charge in [-0.05, 0) is 97.6 Å².